The van der Waals surface area contributed by atoms with Gasteiger partial charge in [-0.1, -0.05) is 13.3 Å². The number of carbonyl (C=O) groups is 2. The summed E-state index contributed by atoms with van der Waals surface area (Å²) in [5.74, 6) is -0.741. The van der Waals surface area contributed by atoms with Crippen molar-refractivity contribution in [2.45, 2.75) is 32.6 Å². The Hall–Kier alpha value is -2.05. The van der Waals surface area contributed by atoms with E-state index >= 15 is 0 Å². The summed E-state index contributed by atoms with van der Waals surface area (Å²) >= 11 is 0. The van der Waals surface area contributed by atoms with Gasteiger partial charge in [-0.2, -0.15) is 5.10 Å². The highest BCUT2D eigenvalue weighted by atomic mass is 16.4. The number of aromatic amines is 1. The Morgan fingerprint density at radius 1 is 1.50 bits per heavy atom. The van der Waals surface area contributed by atoms with Gasteiger partial charge in [0.25, 0.3) is 0 Å². The second-order valence-electron chi connectivity index (χ2n) is 5.24. The number of H-pyrrole nitrogens is 1. The van der Waals surface area contributed by atoms with Gasteiger partial charge in [0.15, 0.2) is 0 Å². The summed E-state index contributed by atoms with van der Waals surface area (Å²) < 4.78 is 0. The number of aromatic nitrogens is 2. The fourth-order valence-corrected chi connectivity index (χ4v) is 2.71. The van der Waals surface area contributed by atoms with Gasteiger partial charge in [-0.3, -0.25) is 9.89 Å². The van der Waals surface area contributed by atoms with Gasteiger partial charge in [0.05, 0.1) is 17.3 Å². The lowest BCUT2D eigenvalue weighted by Crippen LogP contribution is -2.47. The molecule has 0 bridgehead atoms. The molecule has 2 amide bonds. The molecule has 1 saturated heterocycles. The Labute approximate surface area is 117 Å². The Balaban J connectivity index is 1.93. The van der Waals surface area contributed by atoms with Crippen LogP contribution in [0, 0.1) is 5.41 Å². The third kappa shape index (κ3) is 2.92. The number of aliphatic carboxylic acids is 1. The number of nitrogens with one attached hydrogen (secondary N) is 2. The van der Waals surface area contributed by atoms with Crippen molar-refractivity contribution in [3.05, 3.63) is 12.4 Å². The SMILES string of the molecule is CCCC1(C(=O)O)CCN(C(=O)Nc2cn[nH]c2)CC1. The molecule has 0 unspecified atom stereocenters. The van der Waals surface area contributed by atoms with Crippen LogP contribution in [-0.2, 0) is 4.79 Å². The Morgan fingerprint density at radius 2 is 2.20 bits per heavy atom. The number of nitrogens with zero attached hydrogens (tertiary/aromatic N) is 2. The normalized spacial score (nSPS) is 17.8. The van der Waals surface area contributed by atoms with E-state index < -0.39 is 11.4 Å². The number of anilines is 1. The van der Waals surface area contributed by atoms with Gasteiger partial charge >= 0.3 is 12.0 Å². The van der Waals surface area contributed by atoms with Crippen LogP contribution in [0.2, 0.25) is 0 Å². The third-order valence-corrected chi connectivity index (χ3v) is 3.94. The van der Waals surface area contributed by atoms with E-state index in [1.807, 2.05) is 6.92 Å². The van der Waals surface area contributed by atoms with Gasteiger partial charge in [0, 0.05) is 19.3 Å². The number of carboxylic acid groups (broad SMARTS) is 1. The minimum atomic E-state index is -0.741. The molecule has 0 aromatic carbocycles. The number of hydrogen-bond acceptors (Lipinski definition) is 3. The second kappa shape index (κ2) is 5.94. The van der Waals surface area contributed by atoms with E-state index in [-0.39, 0.29) is 6.03 Å². The summed E-state index contributed by atoms with van der Waals surface area (Å²) in [6, 6.07) is -0.207. The van der Waals surface area contributed by atoms with Crippen LogP contribution in [0.25, 0.3) is 0 Å². The highest BCUT2D eigenvalue weighted by molar-refractivity contribution is 5.89. The molecule has 1 aromatic heterocycles. The van der Waals surface area contributed by atoms with Crippen molar-refractivity contribution in [1.29, 1.82) is 0 Å². The monoisotopic (exact) mass is 280 g/mol. The fourth-order valence-electron chi connectivity index (χ4n) is 2.71. The van der Waals surface area contributed by atoms with Crippen LogP contribution in [0.5, 0.6) is 0 Å². The number of carboxylic acids is 1. The van der Waals surface area contributed by atoms with Crippen molar-refractivity contribution in [1.82, 2.24) is 15.1 Å². The average molecular weight is 280 g/mol. The fraction of sp³-hybridized carbons (Fsp3) is 0.615. The average Bonchev–Trinajstić information content (AvgIpc) is 2.92. The number of rotatable bonds is 4. The van der Waals surface area contributed by atoms with Gasteiger partial charge < -0.3 is 15.3 Å². The summed E-state index contributed by atoms with van der Waals surface area (Å²) in [5.41, 5.74) is -0.0557. The predicted octanol–water partition coefficient (Wildman–Crippen LogP) is 1.91. The first-order valence-electron chi connectivity index (χ1n) is 6.85. The molecule has 7 nitrogen and oxygen atoms in total. The number of piperidine rings is 1. The molecule has 2 heterocycles. The van der Waals surface area contributed by atoms with Gasteiger partial charge in [0.1, 0.15) is 0 Å². The molecule has 2 rings (SSSR count). The largest absolute Gasteiger partial charge is 0.481 e. The van der Waals surface area contributed by atoms with Crippen molar-refractivity contribution in [2.24, 2.45) is 5.41 Å². The number of carbonyl (C=O) groups excluding carboxylic acids is 1. The quantitative estimate of drug-likeness (QED) is 0.784. The number of urea groups is 1. The molecule has 3 N–H and O–H groups in total. The number of likely N-dealkylation sites (tertiary alicyclic amines) is 1. The molecule has 1 aromatic rings. The maximum absolute atomic E-state index is 12.0. The van der Waals surface area contributed by atoms with Crippen molar-refractivity contribution >= 4 is 17.7 Å². The zero-order valence-corrected chi connectivity index (χ0v) is 11.6. The standard InChI is InChI=1S/C13H20N4O3/c1-2-3-13(11(18)19)4-6-17(7-5-13)12(20)16-10-8-14-15-9-10/h8-9H,2-7H2,1H3,(H,14,15)(H,16,20)(H,18,19). The summed E-state index contributed by atoms with van der Waals surface area (Å²) in [5, 5.41) is 18.5. The molecule has 0 aliphatic carbocycles. The lowest BCUT2D eigenvalue weighted by molar-refractivity contribution is -0.152. The maximum atomic E-state index is 12.0. The smallest absolute Gasteiger partial charge is 0.321 e. The Bertz CT molecular complexity index is 464. The van der Waals surface area contributed by atoms with Crippen LogP contribution >= 0.6 is 0 Å². The third-order valence-electron chi connectivity index (χ3n) is 3.94. The molecule has 1 aliphatic rings. The minimum Gasteiger partial charge on any atom is -0.481 e. The molecule has 0 radical (unpaired) electrons. The lowest BCUT2D eigenvalue weighted by Gasteiger charge is -2.38. The topological polar surface area (TPSA) is 98.3 Å². The molecule has 7 heteroatoms. The van der Waals surface area contributed by atoms with Crippen LogP contribution in [0.3, 0.4) is 0 Å². The van der Waals surface area contributed by atoms with Crippen molar-refractivity contribution in [3.8, 4) is 0 Å². The maximum Gasteiger partial charge on any atom is 0.321 e. The van der Waals surface area contributed by atoms with Crippen LogP contribution in [0.15, 0.2) is 12.4 Å². The first kappa shape index (κ1) is 14.4. The van der Waals surface area contributed by atoms with Gasteiger partial charge in [0.2, 0.25) is 0 Å². The van der Waals surface area contributed by atoms with E-state index in [2.05, 4.69) is 15.5 Å². The van der Waals surface area contributed by atoms with E-state index in [1.54, 1.807) is 11.1 Å². The molecular formula is C13H20N4O3. The lowest BCUT2D eigenvalue weighted by atomic mass is 9.75. The first-order valence-corrected chi connectivity index (χ1v) is 6.85. The van der Waals surface area contributed by atoms with Gasteiger partial charge in [-0.15, -0.1) is 0 Å². The molecule has 1 aliphatic heterocycles. The second-order valence-corrected chi connectivity index (χ2v) is 5.24. The molecular weight excluding hydrogens is 260 g/mol. The van der Waals surface area contributed by atoms with Crippen molar-refractivity contribution in [2.75, 3.05) is 18.4 Å². The van der Waals surface area contributed by atoms with Gasteiger partial charge in [-0.05, 0) is 19.3 Å². The molecule has 0 saturated carbocycles. The van der Waals surface area contributed by atoms with E-state index in [0.29, 0.717) is 38.0 Å². The van der Waals surface area contributed by atoms with Crippen LogP contribution in [-0.4, -0.2) is 45.3 Å². The molecule has 110 valence electrons. The van der Waals surface area contributed by atoms with Crippen LogP contribution < -0.4 is 5.32 Å². The molecule has 20 heavy (non-hydrogen) atoms. The Morgan fingerprint density at radius 3 is 2.70 bits per heavy atom. The molecule has 1 fully saturated rings. The highest BCUT2D eigenvalue weighted by Crippen LogP contribution is 2.36. The number of hydrogen-bond donors (Lipinski definition) is 3. The molecule has 0 atom stereocenters. The van der Waals surface area contributed by atoms with Crippen LogP contribution in [0.1, 0.15) is 32.6 Å². The first-order chi connectivity index (χ1) is 9.57. The van der Waals surface area contributed by atoms with E-state index in [9.17, 15) is 14.7 Å². The van der Waals surface area contributed by atoms with E-state index in [1.165, 1.54) is 6.20 Å². The van der Waals surface area contributed by atoms with Crippen molar-refractivity contribution < 1.29 is 14.7 Å². The predicted molar refractivity (Wildman–Crippen MR) is 73.4 cm³/mol. The summed E-state index contributed by atoms with van der Waals surface area (Å²) in [7, 11) is 0. The minimum absolute atomic E-state index is 0.207. The Kier molecular flexibility index (Phi) is 4.26. The zero-order valence-electron chi connectivity index (χ0n) is 11.6. The highest BCUT2D eigenvalue weighted by Gasteiger charge is 2.41. The summed E-state index contributed by atoms with van der Waals surface area (Å²) in [4.78, 5) is 25.2. The number of amides is 2. The van der Waals surface area contributed by atoms with Gasteiger partial charge in [-0.25, -0.2) is 4.79 Å². The van der Waals surface area contributed by atoms with Crippen molar-refractivity contribution in [3.63, 3.8) is 0 Å². The van der Waals surface area contributed by atoms with E-state index in [4.69, 9.17) is 0 Å². The van der Waals surface area contributed by atoms with Crippen LogP contribution in [0.4, 0.5) is 10.5 Å². The van der Waals surface area contributed by atoms with E-state index in [0.717, 1.165) is 6.42 Å². The summed E-state index contributed by atoms with van der Waals surface area (Å²) in [6.45, 7) is 2.93. The summed E-state index contributed by atoms with van der Waals surface area (Å²) in [6.07, 6.45) is 5.65. The molecule has 0 spiro atoms. The zero-order chi connectivity index (χ0) is 14.6.